The highest BCUT2D eigenvalue weighted by atomic mass is 32.2. The van der Waals surface area contributed by atoms with Gasteiger partial charge in [-0.15, -0.1) is 0 Å². The van der Waals surface area contributed by atoms with Crippen LogP contribution in [-0.4, -0.2) is 36.1 Å². The summed E-state index contributed by atoms with van der Waals surface area (Å²) in [6, 6.07) is 7.43. The van der Waals surface area contributed by atoms with Crippen molar-refractivity contribution in [3.8, 4) is 16.9 Å². The van der Waals surface area contributed by atoms with Gasteiger partial charge in [-0.05, 0) is 37.5 Å². The summed E-state index contributed by atoms with van der Waals surface area (Å²) in [5, 5.41) is 3.95. The van der Waals surface area contributed by atoms with Gasteiger partial charge in [-0.2, -0.15) is 5.10 Å². The predicted octanol–water partition coefficient (Wildman–Crippen LogP) is 1.94. The molecule has 0 amide bonds. The Labute approximate surface area is 136 Å². The minimum Gasteiger partial charge on any atom is -0.492 e. The van der Waals surface area contributed by atoms with Gasteiger partial charge in [0.2, 0.25) is 10.0 Å². The molecule has 1 fully saturated rings. The Morgan fingerprint density at radius 3 is 2.83 bits per heavy atom. The van der Waals surface area contributed by atoms with Gasteiger partial charge in [-0.25, -0.2) is 13.1 Å². The predicted molar refractivity (Wildman–Crippen MR) is 88.7 cm³/mol. The number of benzene rings is 1. The summed E-state index contributed by atoms with van der Waals surface area (Å²) in [7, 11) is -1.31. The van der Waals surface area contributed by atoms with Crippen LogP contribution in [0.1, 0.15) is 19.8 Å². The van der Waals surface area contributed by atoms with Gasteiger partial charge < -0.3 is 4.74 Å². The quantitative estimate of drug-likeness (QED) is 0.839. The highest BCUT2D eigenvalue weighted by molar-refractivity contribution is 7.90. The van der Waals surface area contributed by atoms with Crippen molar-refractivity contribution < 1.29 is 13.2 Å². The average Bonchev–Trinajstić information content (AvgIpc) is 3.28. The molecule has 7 heteroatoms. The molecule has 0 spiro atoms. The van der Waals surface area contributed by atoms with Gasteiger partial charge in [0.05, 0.1) is 17.5 Å². The molecule has 0 unspecified atom stereocenters. The number of aromatic nitrogens is 2. The number of rotatable bonds is 7. The lowest BCUT2D eigenvalue weighted by Gasteiger charge is -2.15. The average molecular weight is 335 g/mol. The molecular formula is C16H21N3O3S. The van der Waals surface area contributed by atoms with Crippen LogP contribution in [0.2, 0.25) is 0 Å². The zero-order valence-electron chi connectivity index (χ0n) is 13.3. The topological polar surface area (TPSA) is 73.2 Å². The fourth-order valence-electron chi connectivity index (χ4n) is 2.35. The maximum atomic E-state index is 11.9. The third kappa shape index (κ3) is 4.11. The Morgan fingerprint density at radius 1 is 1.39 bits per heavy atom. The molecule has 1 aromatic carbocycles. The van der Waals surface area contributed by atoms with Crippen molar-refractivity contribution in [3.05, 3.63) is 36.7 Å². The Hall–Kier alpha value is -1.86. The summed E-state index contributed by atoms with van der Waals surface area (Å²) in [5.74, 6) is 0.712. The molecule has 6 nitrogen and oxygen atoms in total. The third-order valence-electron chi connectivity index (χ3n) is 3.70. The summed E-state index contributed by atoms with van der Waals surface area (Å²) in [4.78, 5) is 0. The van der Waals surface area contributed by atoms with Gasteiger partial charge in [-0.1, -0.05) is 12.1 Å². The van der Waals surface area contributed by atoms with Crippen LogP contribution in [-0.2, 0) is 17.1 Å². The molecule has 1 N–H and O–H groups in total. The first-order chi connectivity index (χ1) is 10.9. The Morgan fingerprint density at radius 2 is 2.17 bits per heavy atom. The normalized spacial score (nSPS) is 16.3. The molecule has 0 bridgehead atoms. The number of hydrogen-bond acceptors (Lipinski definition) is 4. The number of ether oxygens (including phenoxy) is 1. The van der Waals surface area contributed by atoms with E-state index in [1.165, 1.54) is 0 Å². The zero-order chi connectivity index (χ0) is 16.4. The van der Waals surface area contributed by atoms with E-state index in [4.69, 9.17) is 4.74 Å². The van der Waals surface area contributed by atoms with Gasteiger partial charge in [0.25, 0.3) is 0 Å². The van der Waals surface area contributed by atoms with Crippen LogP contribution in [0.4, 0.5) is 0 Å². The molecule has 1 aliphatic rings. The highest BCUT2D eigenvalue weighted by Crippen LogP contribution is 2.27. The summed E-state index contributed by atoms with van der Waals surface area (Å²) >= 11 is 0. The van der Waals surface area contributed by atoms with Crippen molar-refractivity contribution in [1.82, 2.24) is 14.5 Å². The summed E-state index contributed by atoms with van der Waals surface area (Å²) in [5.41, 5.74) is 2.03. The number of hydrogen-bond donors (Lipinski definition) is 1. The summed E-state index contributed by atoms with van der Waals surface area (Å²) in [6.07, 6.45) is 5.25. The standard InChI is InChI=1S/C16H21N3O3S/c1-12(18-23(20,21)16-6-7-16)11-22-15-5-3-4-13(8-15)14-9-17-19(2)10-14/h3-5,8-10,12,16,18H,6-7,11H2,1-2H3/t12-/m1/s1. The molecule has 0 radical (unpaired) electrons. The smallest absolute Gasteiger partial charge is 0.214 e. The van der Waals surface area contributed by atoms with E-state index in [2.05, 4.69) is 9.82 Å². The van der Waals surface area contributed by atoms with E-state index < -0.39 is 10.0 Å². The molecule has 1 aromatic heterocycles. The first-order valence-corrected chi connectivity index (χ1v) is 9.22. The molecule has 23 heavy (non-hydrogen) atoms. The fraction of sp³-hybridized carbons (Fsp3) is 0.438. The molecule has 124 valence electrons. The molecule has 2 aromatic rings. The molecule has 1 aliphatic carbocycles. The Kier molecular flexibility index (Phi) is 4.41. The SMILES string of the molecule is C[C@H](COc1cccc(-c2cnn(C)c2)c1)NS(=O)(=O)C1CC1. The largest absolute Gasteiger partial charge is 0.492 e. The lowest BCUT2D eigenvalue weighted by atomic mass is 10.1. The number of sulfonamides is 1. The van der Waals surface area contributed by atoms with Crippen LogP contribution in [0.25, 0.3) is 11.1 Å². The second kappa shape index (κ2) is 6.33. The van der Waals surface area contributed by atoms with Gasteiger partial charge in [0.15, 0.2) is 0 Å². The van der Waals surface area contributed by atoms with Crippen molar-refractivity contribution in [2.45, 2.75) is 31.1 Å². The second-order valence-electron chi connectivity index (χ2n) is 6.00. The van der Waals surface area contributed by atoms with Crippen LogP contribution < -0.4 is 9.46 Å². The van der Waals surface area contributed by atoms with Gasteiger partial charge in [-0.3, -0.25) is 4.68 Å². The Bertz CT molecular complexity index is 781. The van der Waals surface area contributed by atoms with Crippen molar-refractivity contribution in [2.24, 2.45) is 7.05 Å². The van der Waals surface area contributed by atoms with Crippen molar-refractivity contribution in [1.29, 1.82) is 0 Å². The van der Waals surface area contributed by atoms with Crippen LogP contribution in [0, 0.1) is 0 Å². The van der Waals surface area contributed by atoms with Crippen LogP contribution in [0.5, 0.6) is 5.75 Å². The van der Waals surface area contributed by atoms with Crippen LogP contribution in [0.15, 0.2) is 36.7 Å². The van der Waals surface area contributed by atoms with Crippen molar-refractivity contribution >= 4 is 10.0 Å². The van der Waals surface area contributed by atoms with E-state index in [1.807, 2.05) is 44.4 Å². The fourth-order valence-corrected chi connectivity index (χ4v) is 3.92. The van der Waals surface area contributed by atoms with Gasteiger partial charge >= 0.3 is 0 Å². The second-order valence-corrected chi connectivity index (χ2v) is 8.00. The number of nitrogens with one attached hydrogen (secondary N) is 1. The highest BCUT2D eigenvalue weighted by Gasteiger charge is 2.36. The van der Waals surface area contributed by atoms with Gasteiger partial charge in [0.1, 0.15) is 12.4 Å². The van der Waals surface area contributed by atoms with E-state index in [0.717, 1.165) is 24.0 Å². The first-order valence-electron chi connectivity index (χ1n) is 7.67. The summed E-state index contributed by atoms with van der Waals surface area (Å²) in [6.45, 7) is 2.10. The third-order valence-corrected chi connectivity index (χ3v) is 5.78. The van der Waals surface area contributed by atoms with E-state index in [1.54, 1.807) is 10.9 Å². The van der Waals surface area contributed by atoms with Crippen molar-refractivity contribution in [2.75, 3.05) is 6.61 Å². The molecule has 1 atom stereocenters. The summed E-state index contributed by atoms with van der Waals surface area (Å²) < 4.78 is 33.9. The van der Waals surface area contributed by atoms with E-state index in [9.17, 15) is 8.42 Å². The zero-order valence-corrected chi connectivity index (χ0v) is 14.1. The van der Waals surface area contributed by atoms with Crippen LogP contribution in [0.3, 0.4) is 0 Å². The number of nitrogens with zero attached hydrogens (tertiary/aromatic N) is 2. The van der Waals surface area contributed by atoms with E-state index in [0.29, 0.717) is 12.4 Å². The molecular weight excluding hydrogens is 314 g/mol. The lowest BCUT2D eigenvalue weighted by Crippen LogP contribution is -2.38. The lowest BCUT2D eigenvalue weighted by molar-refractivity contribution is 0.287. The minimum atomic E-state index is -3.18. The Balaban J connectivity index is 1.60. The van der Waals surface area contributed by atoms with Crippen molar-refractivity contribution in [3.63, 3.8) is 0 Å². The molecule has 1 saturated carbocycles. The first kappa shape index (κ1) is 16.0. The monoisotopic (exact) mass is 335 g/mol. The van der Waals surface area contributed by atoms with E-state index >= 15 is 0 Å². The molecule has 3 rings (SSSR count). The maximum absolute atomic E-state index is 11.9. The van der Waals surface area contributed by atoms with Crippen LogP contribution >= 0.6 is 0 Å². The minimum absolute atomic E-state index is 0.209. The molecule has 1 heterocycles. The molecule has 0 aliphatic heterocycles. The van der Waals surface area contributed by atoms with Gasteiger partial charge in [0, 0.05) is 18.8 Å². The van der Waals surface area contributed by atoms with E-state index in [-0.39, 0.29) is 11.3 Å². The maximum Gasteiger partial charge on any atom is 0.214 e. The molecule has 0 saturated heterocycles. The number of aryl methyl sites for hydroxylation is 1.